The summed E-state index contributed by atoms with van der Waals surface area (Å²) in [6.45, 7) is 1.80. The molecule has 0 unspecified atom stereocenters. The number of hydrogen-bond donors (Lipinski definition) is 3. The molecule has 18 heavy (non-hydrogen) atoms. The van der Waals surface area contributed by atoms with E-state index in [1.165, 1.54) is 12.8 Å². The summed E-state index contributed by atoms with van der Waals surface area (Å²) >= 11 is 5.84. The summed E-state index contributed by atoms with van der Waals surface area (Å²) in [7, 11) is 0. The average Bonchev–Trinajstić information content (AvgIpc) is 3.14. The van der Waals surface area contributed by atoms with Gasteiger partial charge in [-0.25, -0.2) is 0 Å². The molecule has 98 valence electrons. The molecule has 1 aliphatic rings. The van der Waals surface area contributed by atoms with Crippen molar-refractivity contribution in [3.05, 3.63) is 28.8 Å². The Kier molecular flexibility index (Phi) is 4.44. The van der Waals surface area contributed by atoms with Crippen molar-refractivity contribution in [2.75, 3.05) is 18.4 Å². The molecule has 1 aliphatic carbocycles. The van der Waals surface area contributed by atoms with Crippen molar-refractivity contribution in [3.63, 3.8) is 0 Å². The van der Waals surface area contributed by atoms with E-state index in [-0.39, 0.29) is 0 Å². The molecule has 2 rings (SSSR count). The molecule has 0 heterocycles. The number of anilines is 1. The second-order valence-electron chi connectivity index (χ2n) is 4.56. The summed E-state index contributed by atoms with van der Waals surface area (Å²) < 4.78 is 0. The van der Waals surface area contributed by atoms with Crippen molar-refractivity contribution in [2.45, 2.75) is 25.3 Å². The molecule has 0 spiro atoms. The minimum Gasteiger partial charge on any atom is -0.384 e. The van der Waals surface area contributed by atoms with Crippen LogP contribution in [0.15, 0.2) is 18.2 Å². The summed E-state index contributed by atoms with van der Waals surface area (Å²) in [5.41, 5.74) is 6.50. The number of rotatable bonds is 7. The molecule has 0 radical (unpaired) electrons. The van der Waals surface area contributed by atoms with E-state index in [0.717, 1.165) is 31.2 Å². The third-order valence-corrected chi connectivity index (χ3v) is 3.16. The van der Waals surface area contributed by atoms with Gasteiger partial charge in [-0.2, -0.15) is 0 Å². The highest BCUT2D eigenvalue weighted by atomic mass is 35.5. The Labute approximate surface area is 112 Å². The van der Waals surface area contributed by atoms with Crippen LogP contribution in [0.3, 0.4) is 0 Å². The zero-order valence-electron chi connectivity index (χ0n) is 10.2. The van der Waals surface area contributed by atoms with Crippen LogP contribution in [0.25, 0.3) is 0 Å². The van der Waals surface area contributed by atoms with Crippen molar-refractivity contribution in [1.29, 1.82) is 0 Å². The molecule has 1 saturated carbocycles. The van der Waals surface area contributed by atoms with Gasteiger partial charge in [0.2, 0.25) is 0 Å². The molecular formula is C13H18ClN3O. The van der Waals surface area contributed by atoms with Gasteiger partial charge in [-0.05, 0) is 44.0 Å². The van der Waals surface area contributed by atoms with Crippen LogP contribution in [0.5, 0.6) is 0 Å². The van der Waals surface area contributed by atoms with Crippen LogP contribution >= 0.6 is 11.6 Å². The van der Waals surface area contributed by atoms with E-state index in [9.17, 15) is 4.79 Å². The molecule has 1 aromatic carbocycles. The summed E-state index contributed by atoms with van der Waals surface area (Å²) in [5, 5.41) is 7.17. The van der Waals surface area contributed by atoms with E-state index in [1.807, 2.05) is 0 Å². The Hall–Kier alpha value is -1.26. The molecule has 5 heteroatoms. The third-order valence-electron chi connectivity index (χ3n) is 2.93. The van der Waals surface area contributed by atoms with Crippen LogP contribution in [-0.2, 0) is 0 Å². The van der Waals surface area contributed by atoms with Gasteiger partial charge in [-0.1, -0.05) is 11.6 Å². The Morgan fingerprint density at radius 1 is 1.39 bits per heavy atom. The minimum absolute atomic E-state index is 0.442. The number of benzene rings is 1. The molecule has 1 fully saturated rings. The Morgan fingerprint density at radius 2 is 2.17 bits per heavy atom. The van der Waals surface area contributed by atoms with E-state index in [0.29, 0.717) is 10.6 Å². The molecule has 0 aliphatic heterocycles. The summed E-state index contributed by atoms with van der Waals surface area (Å²) in [6.07, 6.45) is 3.62. The Morgan fingerprint density at radius 3 is 2.83 bits per heavy atom. The number of primary amides is 1. The largest absolute Gasteiger partial charge is 0.384 e. The molecule has 0 saturated heterocycles. The summed E-state index contributed by atoms with van der Waals surface area (Å²) in [4.78, 5) is 11.3. The van der Waals surface area contributed by atoms with Crippen LogP contribution in [0, 0.1) is 0 Å². The molecule has 0 aromatic heterocycles. The van der Waals surface area contributed by atoms with Gasteiger partial charge in [-0.3, -0.25) is 4.79 Å². The van der Waals surface area contributed by atoms with Crippen molar-refractivity contribution < 1.29 is 4.79 Å². The highest BCUT2D eigenvalue weighted by Gasteiger charge is 2.19. The first-order valence-electron chi connectivity index (χ1n) is 6.23. The van der Waals surface area contributed by atoms with Gasteiger partial charge in [0.1, 0.15) is 0 Å². The van der Waals surface area contributed by atoms with Crippen LogP contribution in [-0.4, -0.2) is 25.0 Å². The molecular weight excluding hydrogens is 250 g/mol. The first-order chi connectivity index (χ1) is 8.66. The summed E-state index contributed by atoms with van der Waals surface area (Å²) in [5.74, 6) is -0.462. The van der Waals surface area contributed by atoms with Crippen molar-refractivity contribution in [3.8, 4) is 0 Å². The van der Waals surface area contributed by atoms with E-state index < -0.39 is 5.91 Å². The number of amides is 1. The van der Waals surface area contributed by atoms with Gasteiger partial charge in [0.15, 0.2) is 0 Å². The van der Waals surface area contributed by atoms with Crippen molar-refractivity contribution in [2.24, 2.45) is 5.73 Å². The van der Waals surface area contributed by atoms with Crippen molar-refractivity contribution in [1.82, 2.24) is 5.32 Å². The molecule has 1 amide bonds. The topological polar surface area (TPSA) is 67.2 Å². The van der Waals surface area contributed by atoms with Gasteiger partial charge in [0.25, 0.3) is 5.91 Å². The maximum absolute atomic E-state index is 11.3. The van der Waals surface area contributed by atoms with Gasteiger partial charge in [0.05, 0.1) is 5.56 Å². The smallest absolute Gasteiger partial charge is 0.250 e. The Bertz CT molecular complexity index is 432. The normalized spacial score (nSPS) is 14.5. The predicted octanol–water partition coefficient (Wildman–Crippen LogP) is 1.99. The molecule has 4 N–H and O–H groups in total. The highest BCUT2D eigenvalue weighted by molar-refractivity contribution is 6.31. The SMILES string of the molecule is NC(=O)c1cc(Cl)ccc1NCCCNC1CC1. The maximum atomic E-state index is 11.3. The van der Waals surface area contributed by atoms with E-state index in [4.69, 9.17) is 17.3 Å². The Balaban J connectivity index is 1.81. The fourth-order valence-corrected chi connectivity index (χ4v) is 1.95. The third kappa shape index (κ3) is 3.89. The first-order valence-corrected chi connectivity index (χ1v) is 6.61. The predicted molar refractivity (Wildman–Crippen MR) is 74.1 cm³/mol. The van der Waals surface area contributed by atoms with Crippen LogP contribution in [0.1, 0.15) is 29.6 Å². The monoisotopic (exact) mass is 267 g/mol. The van der Waals surface area contributed by atoms with Crippen LogP contribution in [0.2, 0.25) is 5.02 Å². The standard InChI is InChI=1S/C13H18ClN3O/c14-9-2-5-12(11(8-9)13(15)18)17-7-1-6-16-10-3-4-10/h2,5,8,10,16-17H,1,3-4,6-7H2,(H2,15,18). The lowest BCUT2D eigenvalue weighted by Crippen LogP contribution is -2.20. The minimum atomic E-state index is -0.462. The lowest BCUT2D eigenvalue weighted by atomic mass is 10.1. The fraction of sp³-hybridized carbons (Fsp3) is 0.462. The fourth-order valence-electron chi connectivity index (χ4n) is 1.78. The van der Waals surface area contributed by atoms with E-state index in [2.05, 4.69) is 10.6 Å². The zero-order valence-corrected chi connectivity index (χ0v) is 11.0. The molecule has 4 nitrogen and oxygen atoms in total. The number of hydrogen-bond acceptors (Lipinski definition) is 3. The van der Waals surface area contributed by atoms with Crippen molar-refractivity contribution >= 4 is 23.2 Å². The van der Waals surface area contributed by atoms with Crippen LogP contribution < -0.4 is 16.4 Å². The lowest BCUT2D eigenvalue weighted by Gasteiger charge is -2.10. The number of nitrogens with one attached hydrogen (secondary N) is 2. The summed E-state index contributed by atoms with van der Waals surface area (Å²) in [6, 6.07) is 5.87. The molecule has 0 atom stereocenters. The molecule has 0 bridgehead atoms. The zero-order chi connectivity index (χ0) is 13.0. The maximum Gasteiger partial charge on any atom is 0.250 e. The second-order valence-corrected chi connectivity index (χ2v) is 5.00. The van der Waals surface area contributed by atoms with Gasteiger partial charge in [0, 0.05) is 23.3 Å². The highest BCUT2D eigenvalue weighted by Crippen LogP contribution is 2.20. The first kappa shape index (κ1) is 13.2. The van der Waals surface area contributed by atoms with Gasteiger partial charge < -0.3 is 16.4 Å². The lowest BCUT2D eigenvalue weighted by molar-refractivity contribution is 0.100. The average molecular weight is 268 g/mol. The van der Waals surface area contributed by atoms with Gasteiger partial charge in [-0.15, -0.1) is 0 Å². The van der Waals surface area contributed by atoms with E-state index in [1.54, 1.807) is 18.2 Å². The number of nitrogens with two attached hydrogens (primary N) is 1. The number of halogens is 1. The number of carbonyl (C=O) groups excluding carboxylic acids is 1. The molecule has 1 aromatic rings. The van der Waals surface area contributed by atoms with Gasteiger partial charge >= 0.3 is 0 Å². The quantitative estimate of drug-likeness (QED) is 0.662. The second kappa shape index (κ2) is 6.07. The number of carbonyl (C=O) groups is 1. The van der Waals surface area contributed by atoms with E-state index >= 15 is 0 Å². The van der Waals surface area contributed by atoms with Crippen LogP contribution in [0.4, 0.5) is 5.69 Å².